The van der Waals surface area contributed by atoms with E-state index in [2.05, 4.69) is 4.98 Å². The summed E-state index contributed by atoms with van der Waals surface area (Å²) >= 11 is 6.01. The van der Waals surface area contributed by atoms with Gasteiger partial charge in [0.05, 0.1) is 17.2 Å². The van der Waals surface area contributed by atoms with E-state index in [1.54, 1.807) is 29.0 Å². The highest BCUT2D eigenvalue weighted by Gasteiger charge is 2.32. The Bertz CT molecular complexity index is 835. The summed E-state index contributed by atoms with van der Waals surface area (Å²) in [4.78, 5) is 20.0. The van der Waals surface area contributed by atoms with Crippen molar-refractivity contribution in [3.63, 3.8) is 0 Å². The number of piperazine rings is 1. The van der Waals surface area contributed by atoms with E-state index in [0.717, 1.165) is 17.8 Å². The van der Waals surface area contributed by atoms with Gasteiger partial charge in [-0.05, 0) is 23.8 Å². The number of ether oxygens (including phenoxy) is 1. The van der Waals surface area contributed by atoms with Crippen molar-refractivity contribution in [3.05, 3.63) is 58.2 Å². The predicted octanol–water partition coefficient (Wildman–Crippen LogP) is 3.86. The van der Waals surface area contributed by atoms with Gasteiger partial charge in [0, 0.05) is 45.0 Å². The number of aromatic nitrogens is 1. The predicted molar refractivity (Wildman–Crippen MR) is 99.5 cm³/mol. The second kappa shape index (κ2) is 8.36. The number of carbonyl (C=O) groups excluding carboxylic acids is 1. The number of anilines is 1. The molecule has 0 bridgehead atoms. The lowest BCUT2D eigenvalue weighted by Gasteiger charge is -2.35. The molecule has 1 aromatic heterocycles. The summed E-state index contributed by atoms with van der Waals surface area (Å²) in [6.45, 7) is 2.21. The fraction of sp³-hybridized carbons (Fsp3) is 0.368. The van der Waals surface area contributed by atoms with Gasteiger partial charge < -0.3 is 14.5 Å². The molecule has 0 spiro atoms. The van der Waals surface area contributed by atoms with Crippen LogP contribution in [0.25, 0.3) is 0 Å². The first-order valence-corrected chi connectivity index (χ1v) is 9.02. The molecule has 1 aliphatic heterocycles. The third-order valence-electron chi connectivity index (χ3n) is 4.53. The number of methoxy groups -OCH3 is 1. The van der Waals surface area contributed by atoms with Crippen LogP contribution in [0.3, 0.4) is 0 Å². The van der Waals surface area contributed by atoms with Gasteiger partial charge in [-0.3, -0.25) is 4.79 Å². The van der Waals surface area contributed by atoms with E-state index in [-0.39, 0.29) is 10.9 Å². The minimum Gasteiger partial charge on any atom is -0.380 e. The Labute approximate surface area is 165 Å². The molecule has 1 fully saturated rings. The fourth-order valence-electron chi connectivity index (χ4n) is 3.03. The zero-order chi connectivity index (χ0) is 20.3. The Morgan fingerprint density at radius 2 is 1.82 bits per heavy atom. The van der Waals surface area contributed by atoms with Gasteiger partial charge in [-0.2, -0.15) is 13.2 Å². The summed E-state index contributed by atoms with van der Waals surface area (Å²) < 4.78 is 43.3. The molecular formula is C19H19ClF3N3O2. The van der Waals surface area contributed by atoms with E-state index >= 15 is 0 Å². The van der Waals surface area contributed by atoms with Crippen molar-refractivity contribution in [2.75, 3.05) is 38.2 Å². The highest BCUT2D eigenvalue weighted by atomic mass is 35.5. The summed E-state index contributed by atoms with van der Waals surface area (Å²) in [5.74, 6) is 0.209. The van der Waals surface area contributed by atoms with Crippen LogP contribution in [0.5, 0.6) is 0 Å². The monoisotopic (exact) mass is 413 g/mol. The highest BCUT2D eigenvalue weighted by molar-refractivity contribution is 6.33. The third-order valence-corrected chi connectivity index (χ3v) is 4.81. The number of alkyl halides is 3. The summed E-state index contributed by atoms with van der Waals surface area (Å²) in [7, 11) is 1.61. The summed E-state index contributed by atoms with van der Waals surface area (Å²) in [6, 6.07) is 8.09. The lowest BCUT2D eigenvalue weighted by molar-refractivity contribution is -0.137. The van der Waals surface area contributed by atoms with Crippen molar-refractivity contribution < 1.29 is 22.7 Å². The van der Waals surface area contributed by atoms with Gasteiger partial charge in [0.25, 0.3) is 5.91 Å². The maximum atomic E-state index is 12.7. The van der Waals surface area contributed by atoms with Crippen molar-refractivity contribution >= 4 is 23.3 Å². The normalized spacial score (nSPS) is 15.0. The van der Waals surface area contributed by atoms with Crippen LogP contribution in [0.1, 0.15) is 21.5 Å². The first kappa shape index (κ1) is 20.4. The van der Waals surface area contributed by atoms with Crippen molar-refractivity contribution in [1.82, 2.24) is 9.88 Å². The smallest absolute Gasteiger partial charge is 0.380 e. The van der Waals surface area contributed by atoms with Crippen molar-refractivity contribution in [2.24, 2.45) is 0 Å². The summed E-state index contributed by atoms with van der Waals surface area (Å²) in [5, 5.41) is -0.0525. The second-order valence-corrected chi connectivity index (χ2v) is 6.84. The van der Waals surface area contributed by atoms with E-state index in [0.29, 0.717) is 44.2 Å². The molecule has 0 aliphatic carbocycles. The number of hydrogen-bond donors (Lipinski definition) is 0. The van der Waals surface area contributed by atoms with Gasteiger partial charge in [0.1, 0.15) is 5.82 Å². The molecule has 1 saturated heterocycles. The van der Waals surface area contributed by atoms with Gasteiger partial charge >= 0.3 is 6.18 Å². The van der Waals surface area contributed by atoms with Crippen LogP contribution in [0.15, 0.2) is 36.5 Å². The molecule has 0 unspecified atom stereocenters. The van der Waals surface area contributed by atoms with E-state index in [1.807, 2.05) is 12.1 Å². The second-order valence-electron chi connectivity index (χ2n) is 6.44. The Hall–Kier alpha value is -2.32. The molecule has 0 atom stereocenters. The number of halogens is 4. The molecule has 1 aromatic carbocycles. The summed E-state index contributed by atoms with van der Waals surface area (Å²) in [6.07, 6.45) is -3.71. The van der Waals surface area contributed by atoms with E-state index in [4.69, 9.17) is 16.3 Å². The Morgan fingerprint density at radius 1 is 1.18 bits per heavy atom. The Morgan fingerprint density at radius 3 is 2.36 bits per heavy atom. The zero-order valence-electron chi connectivity index (χ0n) is 15.2. The molecule has 150 valence electrons. The average Bonchev–Trinajstić information content (AvgIpc) is 2.68. The molecule has 1 aliphatic rings. The number of benzene rings is 1. The SMILES string of the molecule is COCc1ccc(C(=O)N2CCN(c3ncc(C(F)(F)F)cc3Cl)CC2)cc1. The van der Waals surface area contributed by atoms with Crippen LogP contribution in [0.4, 0.5) is 19.0 Å². The average molecular weight is 414 g/mol. The number of pyridine rings is 1. The molecule has 0 radical (unpaired) electrons. The first-order valence-electron chi connectivity index (χ1n) is 8.64. The number of carbonyl (C=O) groups is 1. The van der Waals surface area contributed by atoms with Crippen LogP contribution in [0.2, 0.25) is 5.02 Å². The van der Waals surface area contributed by atoms with E-state index in [1.165, 1.54) is 0 Å². The van der Waals surface area contributed by atoms with Gasteiger partial charge in [-0.1, -0.05) is 23.7 Å². The van der Waals surface area contributed by atoms with Gasteiger partial charge in [-0.15, -0.1) is 0 Å². The topological polar surface area (TPSA) is 45.7 Å². The van der Waals surface area contributed by atoms with Gasteiger partial charge in [0.2, 0.25) is 0 Å². The van der Waals surface area contributed by atoms with E-state index in [9.17, 15) is 18.0 Å². The molecular weight excluding hydrogens is 395 g/mol. The molecule has 28 heavy (non-hydrogen) atoms. The maximum absolute atomic E-state index is 12.7. The van der Waals surface area contributed by atoms with E-state index < -0.39 is 11.7 Å². The minimum atomic E-state index is -4.49. The quantitative estimate of drug-likeness (QED) is 0.763. The van der Waals surface area contributed by atoms with Crippen LogP contribution >= 0.6 is 11.6 Å². The summed E-state index contributed by atoms with van der Waals surface area (Å²) in [5.41, 5.74) is 0.679. The molecule has 3 rings (SSSR count). The van der Waals surface area contributed by atoms with Crippen molar-refractivity contribution in [1.29, 1.82) is 0 Å². The number of hydrogen-bond acceptors (Lipinski definition) is 4. The Balaban J connectivity index is 1.63. The van der Waals surface area contributed by atoms with Crippen LogP contribution < -0.4 is 4.90 Å². The number of nitrogens with zero attached hydrogens (tertiary/aromatic N) is 3. The number of amides is 1. The molecule has 9 heteroatoms. The van der Waals surface area contributed by atoms with Crippen LogP contribution in [-0.4, -0.2) is 49.1 Å². The van der Waals surface area contributed by atoms with Gasteiger partial charge in [-0.25, -0.2) is 4.98 Å². The van der Waals surface area contributed by atoms with Gasteiger partial charge in [0.15, 0.2) is 0 Å². The molecule has 5 nitrogen and oxygen atoms in total. The lowest BCUT2D eigenvalue weighted by Crippen LogP contribution is -2.49. The standard InChI is InChI=1S/C19H19ClF3N3O2/c1-28-12-13-2-4-14(5-3-13)18(27)26-8-6-25(7-9-26)17-16(20)10-15(11-24-17)19(21,22)23/h2-5,10-11H,6-9,12H2,1H3. The van der Waals surface area contributed by atoms with Crippen molar-refractivity contribution in [2.45, 2.75) is 12.8 Å². The Kier molecular flexibility index (Phi) is 6.10. The fourth-order valence-corrected chi connectivity index (χ4v) is 3.32. The first-order chi connectivity index (χ1) is 13.3. The molecule has 0 N–H and O–H groups in total. The molecule has 1 amide bonds. The molecule has 2 aromatic rings. The maximum Gasteiger partial charge on any atom is 0.417 e. The minimum absolute atomic E-state index is 0.0525. The van der Waals surface area contributed by atoms with Crippen LogP contribution in [0, 0.1) is 0 Å². The number of rotatable bonds is 4. The molecule has 2 heterocycles. The largest absolute Gasteiger partial charge is 0.417 e. The zero-order valence-corrected chi connectivity index (χ0v) is 15.9. The molecule has 0 saturated carbocycles. The van der Waals surface area contributed by atoms with Crippen LogP contribution in [-0.2, 0) is 17.5 Å². The lowest BCUT2D eigenvalue weighted by atomic mass is 10.1. The third kappa shape index (κ3) is 4.56. The highest BCUT2D eigenvalue weighted by Crippen LogP contribution is 2.33. The van der Waals surface area contributed by atoms with Crippen molar-refractivity contribution in [3.8, 4) is 0 Å².